The van der Waals surface area contributed by atoms with Gasteiger partial charge in [0.1, 0.15) is 5.00 Å². The lowest BCUT2D eigenvalue weighted by molar-refractivity contribution is 0.0975. The Morgan fingerprint density at radius 1 is 1.37 bits per heavy atom. The fraction of sp³-hybridized carbons (Fsp3) is 0.316. The summed E-state index contributed by atoms with van der Waals surface area (Å²) in [4.78, 5) is 25.6. The number of hydrogen-bond acceptors (Lipinski definition) is 4. The summed E-state index contributed by atoms with van der Waals surface area (Å²) < 4.78 is 0. The first-order valence-corrected chi connectivity index (χ1v) is 10.2. The van der Waals surface area contributed by atoms with Crippen LogP contribution in [0.2, 0.25) is 5.02 Å². The van der Waals surface area contributed by atoms with E-state index < -0.39 is 11.8 Å². The van der Waals surface area contributed by atoms with E-state index in [0.717, 1.165) is 35.3 Å². The monoisotopic (exact) mass is 421 g/mol. The molecule has 2 aromatic rings. The van der Waals surface area contributed by atoms with Crippen molar-refractivity contribution in [2.45, 2.75) is 33.1 Å². The van der Waals surface area contributed by atoms with Crippen molar-refractivity contribution in [1.29, 1.82) is 0 Å². The molecule has 0 radical (unpaired) electrons. The van der Waals surface area contributed by atoms with Crippen molar-refractivity contribution in [2.75, 3.05) is 5.32 Å². The van der Waals surface area contributed by atoms with Gasteiger partial charge in [0, 0.05) is 4.88 Å². The van der Waals surface area contributed by atoms with Crippen LogP contribution in [0.15, 0.2) is 18.2 Å². The Kier molecular flexibility index (Phi) is 5.83. The van der Waals surface area contributed by atoms with Gasteiger partial charge < -0.3 is 11.1 Å². The second kappa shape index (κ2) is 7.96. The van der Waals surface area contributed by atoms with Gasteiger partial charge in [-0.3, -0.25) is 14.9 Å². The van der Waals surface area contributed by atoms with Gasteiger partial charge in [0.05, 0.1) is 16.1 Å². The van der Waals surface area contributed by atoms with Crippen LogP contribution in [0.1, 0.15) is 50.1 Å². The third kappa shape index (κ3) is 4.31. The third-order valence-corrected chi connectivity index (χ3v) is 6.27. The van der Waals surface area contributed by atoms with E-state index in [1.165, 1.54) is 11.3 Å². The number of fused-ring (bicyclic) bond motifs is 1. The number of carbonyl (C=O) groups excluding carboxylic acids is 2. The second-order valence-electron chi connectivity index (χ2n) is 6.81. The van der Waals surface area contributed by atoms with Crippen molar-refractivity contribution in [3.05, 3.63) is 50.4 Å². The number of benzene rings is 1. The average Bonchev–Trinajstić information content (AvgIpc) is 2.91. The number of thiophene rings is 1. The number of nitrogens with two attached hydrogens (primary N) is 1. The lowest BCUT2D eigenvalue weighted by Gasteiger charge is -2.18. The maximum atomic E-state index is 12.4. The Morgan fingerprint density at radius 2 is 2.11 bits per heavy atom. The molecular formula is C19H20ClN3O2S2. The molecule has 0 saturated heterocycles. The van der Waals surface area contributed by atoms with Crippen molar-refractivity contribution in [2.24, 2.45) is 11.7 Å². The zero-order valence-corrected chi connectivity index (χ0v) is 17.4. The van der Waals surface area contributed by atoms with Gasteiger partial charge in [-0.25, -0.2) is 0 Å². The molecule has 0 aliphatic heterocycles. The van der Waals surface area contributed by atoms with Crippen LogP contribution in [0.3, 0.4) is 0 Å². The number of aryl methyl sites for hydroxylation is 1. The van der Waals surface area contributed by atoms with Crippen LogP contribution in [-0.2, 0) is 12.8 Å². The van der Waals surface area contributed by atoms with Crippen molar-refractivity contribution >= 4 is 57.1 Å². The molecule has 0 fully saturated rings. The quantitative estimate of drug-likeness (QED) is 0.652. The molecule has 1 unspecified atom stereocenters. The highest BCUT2D eigenvalue weighted by Crippen LogP contribution is 2.39. The highest BCUT2D eigenvalue weighted by atomic mass is 35.5. The summed E-state index contributed by atoms with van der Waals surface area (Å²) in [6, 6.07) is 5.17. The minimum absolute atomic E-state index is 0.103. The van der Waals surface area contributed by atoms with E-state index in [2.05, 4.69) is 17.6 Å². The Bertz CT molecular complexity index is 939. The molecule has 3 rings (SSSR count). The first-order valence-electron chi connectivity index (χ1n) is 8.59. The summed E-state index contributed by atoms with van der Waals surface area (Å²) in [7, 11) is 0. The van der Waals surface area contributed by atoms with Crippen LogP contribution >= 0.6 is 35.2 Å². The zero-order valence-electron chi connectivity index (χ0n) is 15.0. The molecule has 1 aliphatic rings. The summed E-state index contributed by atoms with van der Waals surface area (Å²) in [6.07, 6.45) is 2.77. The van der Waals surface area contributed by atoms with Crippen LogP contribution in [0, 0.1) is 12.8 Å². The lowest BCUT2D eigenvalue weighted by Crippen LogP contribution is -2.34. The first-order chi connectivity index (χ1) is 12.8. The van der Waals surface area contributed by atoms with Crippen molar-refractivity contribution in [1.82, 2.24) is 5.32 Å². The molecule has 2 amide bonds. The molecule has 27 heavy (non-hydrogen) atoms. The van der Waals surface area contributed by atoms with Gasteiger partial charge in [-0.15, -0.1) is 11.3 Å². The molecule has 4 N–H and O–H groups in total. The van der Waals surface area contributed by atoms with Gasteiger partial charge in [0.2, 0.25) is 0 Å². The SMILES string of the molecule is Cc1ccc(C(=O)NC(=S)Nc2sc3c(c2C(N)=O)CCC(C)C3)c(Cl)c1. The highest BCUT2D eigenvalue weighted by molar-refractivity contribution is 7.80. The average molecular weight is 422 g/mol. The summed E-state index contributed by atoms with van der Waals surface area (Å²) in [5, 5.41) is 6.62. The summed E-state index contributed by atoms with van der Waals surface area (Å²) in [5.41, 5.74) is 8.38. The summed E-state index contributed by atoms with van der Waals surface area (Å²) in [5.74, 6) is -0.326. The summed E-state index contributed by atoms with van der Waals surface area (Å²) >= 11 is 12.9. The van der Waals surface area contributed by atoms with Crippen LogP contribution in [-0.4, -0.2) is 16.9 Å². The Balaban J connectivity index is 1.78. The fourth-order valence-electron chi connectivity index (χ4n) is 3.21. The number of amides is 2. The maximum Gasteiger partial charge on any atom is 0.258 e. The van der Waals surface area contributed by atoms with E-state index in [1.807, 2.05) is 6.92 Å². The minimum Gasteiger partial charge on any atom is -0.365 e. The molecule has 8 heteroatoms. The molecule has 5 nitrogen and oxygen atoms in total. The predicted molar refractivity (Wildman–Crippen MR) is 114 cm³/mol. The van der Waals surface area contributed by atoms with Crippen LogP contribution < -0.4 is 16.4 Å². The van der Waals surface area contributed by atoms with E-state index in [1.54, 1.807) is 18.2 Å². The normalized spacial score (nSPS) is 15.7. The first kappa shape index (κ1) is 19.8. The Morgan fingerprint density at radius 3 is 2.78 bits per heavy atom. The predicted octanol–water partition coefficient (Wildman–Crippen LogP) is 4.06. The van der Waals surface area contributed by atoms with Crippen molar-refractivity contribution < 1.29 is 9.59 Å². The smallest absolute Gasteiger partial charge is 0.258 e. The van der Waals surface area contributed by atoms with E-state index >= 15 is 0 Å². The van der Waals surface area contributed by atoms with Gasteiger partial charge in [0.15, 0.2) is 5.11 Å². The van der Waals surface area contributed by atoms with Crippen LogP contribution in [0.4, 0.5) is 5.00 Å². The number of rotatable bonds is 3. The Hall–Kier alpha value is -1.96. The molecule has 1 aliphatic carbocycles. The van der Waals surface area contributed by atoms with Gasteiger partial charge in [-0.1, -0.05) is 24.6 Å². The minimum atomic E-state index is -0.486. The standard InChI is InChI=1S/C19H20ClN3O2S2/c1-9-3-5-11(13(20)7-9)17(25)22-19(26)23-18-15(16(21)24)12-6-4-10(2)8-14(12)27-18/h3,5,7,10H,4,6,8H2,1-2H3,(H2,21,24)(H2,22,23,25,26). The molecular weight excluding hydrogens is 402 g/mol. The van der Waals surface area contributed by atoms with Gasteiger partial charge in [0.25, 0.3) is 11.8 Å². The second-order valence-corrected chi connectivity index (χ2v) is 8.73. The molecule has 1 aromatic carbocycles. The number of nitrogens with one attached hydrogen (secondary N) is 2. The van der Waals surface area contributed by atoms with Gasteiger partial charge in [-0.05, 0) is 67.6 Å². The van der Waals surface area contributed by atoms with Crippen LogP contribution in [0.5, 0.6) is 0 Å². The highest BCUT2D eigenvalue weighted by Gasteiger charge is 2.27. The molecule has 0 spiro atoms. The molecule has 1 aromatic heterocycles. The van der Waals surface area contributed by atoms with Crippen LogP contribution in [0.25, 0.3) is 0 Å². The number of primary amides is 1. The molecule has 1 heterocycles. The zero-order chi connectivity index (χ0) is 19.7. The molecule has 0 saturated carbocycles. The number of anilines is 1. The lowest BCUT2D eigenvalue weighted by atomic mass is 9.88. The maximum absolute atomic E-state index is 12.4. The largest absolute Gasteiger partial charge is 0.365 e. The van der Waals surface area contributed by atoms with E-state index in [-0.39, 0.29) is 5.11 Å². The van der Waals surface area contributed by atoms with Gasteiger partial charge in [-0.2, -0.15) is 0 Å². The summed E-state index contributed by atoms with van der Waals surface area (Å²) in [6.45, 7) is 4.08. The molecule has 0 bridgehead atoms. The van der Waals surface area contributed by atoms with Crippen molar-refractivity contribution in [3.63, 3.8) is 0 Å². The topological polar surface area (TPSA) is 84.2 Å². The molecule has 1 atom stereocenters. The van der Waals surface area contributed by atoms with E-state index in [9.17, 15) is 9.59 Å². The van der Waals surface area contributed by atoms with Gasteiger partial charge >= 0.3 is 0 Å². The fourth-order valence-corrected chi connectivity index (χ4v) is 5.21. The third-order valence-electron chi connectivity index (χ3n) is 4.58. The number of thiocarbonyl (C=S) groups is 1. The number of hydrogen-bond donors (Lipinski definition) is 3. The molecule has 142 valence electrons. The van der Waals surface area contributed by atoms with Crippen molar-refractivity contribution in [3.8, 4) is 0 Å². The number of halogens is 1. The van der Waals surface area contributed by atoms with E-state index in [4.69, 9.17) is 29.6 Å². The number of carbonyl (C=O) groups is 2. The Labute approximate surface area is 172 Å². The van der Waals surface area contributed by atoms with E-state index in [0.29, 0.717) is 27.1 Å².